The van der Waals surface area contributed by atoms with E-state index in [4.69, 9.17) is 10.2 Å². The molecule has 0 aliphatic carbocycles. The van der Waals surface area contributed by atoms with Crippen molar-refractivity contribution in [3.05, 3.63) is 0 Å². The van der Waals surface area contributed by atoms with Gasteiger partial charge in [0.25, 0.3) is 5.91 Å². The molecule has 0 aliphatic heterocycles. The number of carbonyl (C=O) groups is 1. The Morgan fingerprint density at radius 1 is 0.905 bits per heavy atom. The molecule has 0 saturated heterocycles. The Kier molecular flexibility index (Phi) is 13.9. The number of hydrogen-bond donors (Lipinski definition) is 4. The average molecular weight is 303 g/mol. The van der Waals surface area contributed by atoms with Gasteiger partial charge in [-0.1, -0.05) is 64.7 Å². The second-order valence-electron chi connectivity index (χ2n) is 5.67. The summed E-state index contributed by atoms with van der Waals surface area (Å²) in [4.78, 5) is 11.4. The summed E-state index contributed by atoms with van der Waals surface area (Å²) >= 11 is 0. The van der Waals surface area contributed by atoms with Crippen LogP contribution in [0.4, 0.5) is 0 Å². The van der Waals surface area contributed by atoms with Crippen molar-refractivity contribution in [1.82, 2.24) is 5.32 Å². The van der Waals surface area contributed by atoms with Gasteiger partial charge in [0.15, 0.2) is 6.10 Å². The molecular weight excluding hydrogens is 270 g/mol. The Morgan fingerprint density at radius 3 is 1.86 bits per heavy atom. The highest BCUT2D eigenvalue weighted by atomic mass is 16.4. The monoisotopic (exact) mass is 303 g/mol. The summed E-state index contributed by atoms with van der Waals surface area (Å²) < 4.78 is 0. The van der Waals surface area contributed by atoms with Crippen molar-refractivity contribution in [2.75, 3.05) is 13.2 Å². The fraction of sp³-hybridized carbons (Fsp3) is 0.938. The lowest BCUT2D eigenvalue weighted by atomic mass is 10.1. The third-order valence-corrected chi connectivity index (χ3v) is 3.65. The molecule has 5 nitrogen and oxygen atoms in total. The normalized spacial score (nSPS) is 13.9. The van der Waals surface area contributed by atoms with E-state index in [1.54, 1.807) is 0 Å². The third-order valence-electron chi connectivity index (χ3n) is 3.65. The van der Waals surface area contributed by atoms with Gasteiger partial charge in [-0.15, -0.1) is 0 Å². The van der Waals surface area contributed by atoms with Gasteiger partial charge in [-0.2, -0.15) is 0 Å². The van der Waals surface area contributed by atoms with Crippen LogP contribution in [0.15, 0.2) is 0 Å². The number of aliphatic hydroxyl groups excluding tert-OH is 3. The minimum Gasteiger partial charge on any atom is -0.394 e. The van der Waals surface area contributed by atoms with E-state index in [9.17, 15) is 9.90 Å². The Hall–Kier alpha value is -0.650. The van der Waals surface area contributed by atoms with E-state index in [2.05, 4.69) is 12.2 Å². The first-order valence-corrected chi connectivity index (χ1v) is 8.38. The minimum atomic E-state index is -1.54. The van der Waals surface area contributed by atoms with Crippen molar-refractivity contribution in [3.63, 3.8) is 0 Å². The maximum Gasteiger partial charge on any atom is 0.251 e. The van der Waals surface area contributed by atoms with E-state index in [0.717, 1.165) is 12.8 Å². The fourth-order valence-corrected chi connectivity index (χ4v) is 2.20. The van der Waals surface area contributed by atoms with Gasteiger partial charge in [0, 0.05) is 6.54 Å². The first-order valence-electron chi connectivity index (χ1n) is 8.38. The van der Waals surface area contributed by atoms with E-state index in [0.29, 0.717) is 6.54 Å². The van der Waals surface area contributed by atoms with E-state index >= 15 is 0 Å². The number of rotatable bonds is 14. The number of aliphatic hydroxyl groups is 3. The molecule has 0 aromatic rings. The van der Waals surface area contributed by atoms with Gasteiger partial charge < -0.3 is 20.6 Å². The van der Waals surface area contributed by atoms with Crippen molar-refractivity contribution in [3.8, 4) is 0 Å². The largest absolute Gasteiger partial charge is 0.394 e. The van der Waals surface area contributed by atoms with Crippen molar-refractivity contribution >= 4 is 5.91 Å². The minimum absolute atomic E-state index is 0.505. The maximum absolute atomic E-state index is 11.4. The van der Waals surface area contributed by atoms with Gasteiger partial charge in [0.1, 0.15) is 6.10 Å². The lowest BCUT2D eigenvalue weighted by Gasteiger charge is -2.15. The molecule has 1 amide bonds. The van der Waals surface area contributed by atoms with Crippen molar-refractivity contribution in [1.29, 1.82) is 0 Å². The summed E-state index contributed by atoms with van der Waals surface area (Å²) in [6.45, 7) is 2.11. The van der Waals surface area contributed by atoms with Gasteiger partial charge in [0.05, 0.1) is 6.61 Å². The SMILES string of the molecule is CCCCCCCCCCCCNC(=O)[C@H](O)[C@H](O)CO. The van der Waals surface area contributed by atoms with E-state index in [1.165, 1.54) is 51.4 Å². The van der Waals surface area contributed by atoms with Crippen LogP contribution in [-0.2, 0) is 4.79 Å². The highest BCUT2D eigenvalue weighted by molar-refractivity contribution is 5.81. The van der Waals surface area contributed by atoms with Crippen LogP contribution in [0.3, 0.4) is 0 Å². The van der Waals surface area contributed by atoms with Crippen LogP contribution in [0.2, 0.25) is 0 Å². The molecule has 0 saturated carbocycles. The van der Waals surface area contributed by atoms with Gasteiger partial charge in [-0.05, 0) is 6.42 Å². The van der Waals surface area contributed by atoms with E-state index in [-0.39, 0.29) is 0 Å². The number of unbranched alkanes of at least 4 members (excludes halogenated alkanes) is 9. The standard InChI is InChI=1S/C16H33NO4/c1-2-3-4-5-6-7-8-9-10-11-12-17-16(21)15(20)14(19)13-18/h14-15,18-20H,2-13H2,1H3,(H,17,21)/t14-,15-/m1/s1. The lowest BCUT2D eigenvalue weighted by Crippen LogP contribution is -2.43. The molecule has 0 rings (SSSR count). The van der Waals surface area contributed by atoms with Crippen molar-refractivity contribution in [2.24, 2.45) is 0 Å². The Bertz CT molecular complexity index is 248. The first-order chi connectivity index (χ1) is 10.1. The summed E-state index contributed by atoms with van der Waals surface area (Å²) in [5.74, 6) is -0.618. The molecular formula is C16H33NO4. The van der Waals surface area contributed by atoms with Gasteiger partial charge in [-0.3, -0.25) is 4.79 Å². The maximum atomic E-state index is 11.4. The first kappa shape index (κ1) is 20.3. The molecule has 0 fully saturated rings. The topological polar surface area (TPSA) is 89.8 Å². The van der Waals surface area contributed by atoms with Crippen LogP contribution in [-0.4, -0.2) is 46.6 Å². The summed E-state index contributed by atoms with van der Waals surface area (Å²) in [6, 6.07) is 0. The quantitative estimate of drug-likeness (QED) is 0.368. The molecule has 0 aromatic carbocycles. The van der Waals surface area contributed by atoms with E-state index in [1.807, 2.05) is 0 Å². The van der Waals surface area contributed by atoms with Crippen LogP contribution < -0.4 is 5.32 Å². The second-order valence-corrected chi connectivity index (χ2v) is 5.67. The van der Waals surface area contributed by atoms with Crippen LogP contribution in [0, 0.1) is 0 Å². The Morgan fingerprint density at radius 2 is 1.38 bits per heavy atom. The fourth-order valence-electron chi connectivity index (χ4n) is 2.20. The second kappa shape index (κ2) is 14.3. The molecule has 126 valence electrons. The number of amides is 1. The zero-order valence-electron chi connectivity index (χ0n) is 13.4. The molecule has 0 radical (unpaired) electrons. The van der Waals surface area contributed by atoms with Crippen LogP contribution in [0.1, 0.15) is 71.1 Å². The molecule has 0 aromatic heterocycles. The lowest BCUT2D eigenvalue weighted by molar-refractivity contribution is -0.136. The molecule has 0 aliphatic rings. The van der Waals surface area contributed by atoms with Crippen LogP contribution >= 0.6 is 0 Å². The van der Waals surface area contributed by atoms with Gasteiger partial charge >= 0.3 is 0 Å². The van der Waals surface area contributed by atoms with Crippen LogP contribution in [0.5, 0.6) is 0 Å². The average Bonchev–Trinajstić information content (AvgIpc) is 2.50. The molecule has 4 N–H and O–H groups in total. The number of carbonyl (C=O) groups excluding carboxylic acids is 1. The molecule has 5 heteroatoms. The highest BCUT2D eigenvalue weighted by Gasteiger charge is 2.22. The zero-order chi connectivity index (χ0) is 15.9. The summed E-state index contributed by atoms with van der Waals surface area (Å²) in [5, 5.41) is 29.6. The Labute approximate surface area is 128 Å². The Balaban J connectivity index is 3.30. The molecule has 0 unspecified atom stereocenters. The van der Waals surface area contributed by atoms with Gasteiger partial charge in [0.2, 0.25) is 0 Å². The van der Waals surface area contributed by atoms with Crippen LogP contribution in [0.25, 0.3) is 0 Å². The highest BCUT2D eigenvalue weighted by Crippen LogP contribution is 2.10. The molecule has 0 bridgehead atoms. The molecule has 21 heavy (non-hydrogen) atoms. The predicted molar refractivity (Wildman–Crippen MR) is 84.0 cm³/mol. The summed E-state index contributed by atoms with van der Waals surface area (Å²) in [6.07, 6.45) is 9.34. The molecule has 0 spiro atoms. The smallest absolute Gasteiger partial charge is 0.251 e. The summed E-state index contributed by atoms with van der Waals surface area (Å²) in [5.41, 5.74) is 0. The van der Waals surface area contributed by atoms with E-state index < -0.39 is 24.7 Å². The summed E-state index contributed by atoms with van der Waals surface area (Å²) in [7, 11) is 0. The third kappa shape index (κ3) is 11.7. The van der Waals surface area contributed by atoms with Gasteiger partial charge in [-0.25, -0.2) is 0 Å². The van der Waals surface area contributed by atoms with Crippen molar-refractivity contribution in [2.45, 2.75) is 83.3 Å². The number of nitrogens with one attached hydrogen (secondary N) is 1. The number of hydrogen-bond acceptors (Lipinski definition) is 4. The molecule has 0 heterocycles. The van der Waals surface area contributed by atoms with Crippen molar-refractivity contribution < 1.29 is 20.1 Å². The predicted octanol–water partition coefficient (Wildman–Crippen LogP) is 1.74. The zero-order valence-corrected chi connectivity index (χ0v) is 13.4. The molecule has 2 atom stereocenters.